The van der Waals surface area contributed by atoms with Crippen molar-refractivity contribution in [3.63, 3.8) is 0 Å². The summed E-state index contributed by atoms with van der Waals surface area (Å²) in [5.41, 5.74) is 3.17. The molecular weight excluding hydrogens is 411 g/mol. The van der Waals surface area contributed by atoms with Crippen molar-refractivity contribution in [2.75, 3.05) is 0 Å². The lowest BCUT2D eigenvalue weighted by Crippen LogP contribution is -2.17. The van der Waals surface area contributed by atoms with Gasteiger partial charge in [0.05, 0.1) is 16.8 Å². The Hall–Kier alpha value is -3.28. The zero-order chi connectivity index (χ0) is 20.4. The van der Waals surface area contributed by atoms with Crippen LogP contribution in [0.4, 0.5) is 0 Å². The highest BCUT2D eigenvalue weighted by molar-refractivity contribution is 6.35. The second-order valence-corrected chi connectivity index (χ2v) is 7.05. The van der Waals surface area contributed by atoms with Crippen molar-refractivity contribution in [3.05, 3.63) is 88.1 Å². The Bertz CT molecular complexity index is 1250. The summed E-state index contributed by atoms with van der Waals surface area (Å²) in [6.45, 7) is 0. The van der Waals surface area contributed by atoms with E-state index in [1.807, 2.05) is 12.1 Å². The van der Waals surface area contributed by atoms with E-state index in [4.69, 9.17) is 27.6 Å². The molecule has 0 saturated carbocycles. The molecule has 0 fully saturated rings. The maximum absolute atomic E-state index is 12.4. The number of nitrogens with one attached hydrogen (secondary N) is 1. The number of phenolic OH excluding ortho intramolecular Hbond substituents is 1. The van der Waals surface area contributed by atoms with Crippen molar-refractivity contribution in [2.24, 2.45) is 5.10 Å². The third-order valence-electron chi connectivity index (χ3n) is 4.32. The standard InChI is InChI=1S/C22H14Cl2N2O3/c23-14-6-9-19(24)18(11-14)20-10-7-15(29-20)12-25-26-22(28)17-8-5-13-3-1-2-4-16(13)21(17)27/h1-12,27H,(H,26,28). The highest BCUT2D eigenvalue weighted by atomic mass is 35.5. The van der Waals surface area contributed by atoms with Gasteiger partial charge in [-0.25, -0.2) is 5.43 Å². The molecule has 1 amide bonds. The number of hydrogen-bond donors (Lipinski definition) is 2. The molecular formula is C22H14Cl2N2O3. The first kappa shape index (κ1) is 19.1. The van der Waals surface area contributed by atoms with Gasteiger partial charge in [-0.2, -0.15) is 5.10 Å². The minimum absolute atomic E-state index is 0.0910. The Morgan fingerprint density at radius 1 is 1.03 bits per heavy atom. The molecule has 0 saturated heterocycles. The van der Waals surface area contributed by atoms with Gasteiger partial charge in [0.15, 0.2) is 0 Å². The average molecular weight is 425 g/mol. The lowest BCUT2D eigenvalue weighted by atomic mass is 10.1. The molecule has 3 aromatic carbocycles. The number of furan rings is 1. The molecule has 0 spiro atoms. The summed E-state index contributed by atoms with van der Waals surface area (Å²) < 4.78 is 5.68. The van der Waals surface area contributed by atoms with Gasteiger partial charge in [0.25, 0.3) is 5.91 Å². The van der Waals surface area contributed by atoms with Gasteiger partial charge in [0.1, 0.15) is 17.3 Å². The zero-order valence-electron chi connectivity index (χ0n) is 14.9. The summed E-state index contributed by atoms with van der Waals surface area (Å²) >= 11 is 12.2. The van der Waals surface area contributed by atoms with Crippen LogP contribution in [0.2, 0.25) is 10.0 Å². The van der Waals surface area contributed by atoms with Crippen LogP contribution in [0, 0.1) is 0 Å². The van der Waals surface area contributed by atoms with Gasteiger partial charge < -0.3 is 9.52 Å². The van der Waals surface area contributed by atoms with Crippen molar-refractivity contribution < 1.29 is 14.3 Å². The van der Waals surface area contributed by atoms with E-state index in [2.05, 4.69) is 10.5 Å². The number of fused-ring (bicyclic) bond motifs is 1. The fourth-order valence-corrected chi connectivity index (χ4v) is 3.29. The fraction of sp³-hybridized carbons (Fsp3) is 0. The van der Waals surface area contributed by atoms with Crippen molar-refractivity contribution in [1.29, 1.82) is 0 Å². The van der Waals surface area contributed by atoms with Crippen LogP contribution in [-0.2, 0) is 0 Å². The molecule has 4 rings (SSSR count). The van der Waals surface area contributed by atoms with Crippen molar-refractivity contribution in [2.45, 2.75) is 0 Å². The summed E-state index contributed by atoms with van der Waals surface area (Å²) in [6, 6.07) is 19.1. The monoisotopic (exact) mass is 424 g/mol. The Morgan fingerprint density at radius 3 is 2.72 bits per heavy atom. The highest BCUT2D eigenvalue weighted by Crippen LogP contribution is 2.31. The second-order valence-electron chi connectivity index (χ2n) is 6.21. The molecule has 0 unspecified atom stereocenters. The van der Waals surface area contributed by atoms with Crippen LogP contribution in [0.15, 0.2) is 76.2 Å². The Kier molecular flexibility index (Phi) is 5.25. The van der Waals surface area contributed by atoms with Gasteiger partial charge in [-0.15, -0.1) is 0 Å². The lowest BCUT2D eigenvalue weighted by molar-refractivity contribution is 0.0952. The topological polar surface area (TPSA) is 74.8 Å². The van der Waals surface area contributed by atoms with Crippen LogP contribution < -0.4 is 5.43 Å². The van der Waals surface area contributed by atoms with Crippen molar-refractivity contribution in [3.8, 4) is 17.1 Å². The summed E-state index contributed by atoms with van der Waals surface area (Å²) in [5.74, 6) is 0.317. The van der Waals surface area contributed by atoms with E-state index in [1.54, 1.807) is 54.6 Å². The summed E-state index contributed by atoms with van der Waals surface area (Å²) in [6.07, 6.45) is 1.36. The average Bonchev–Trinajstić information content (AvgIpc) is 3.19. The van der Waals surface area contributed by atoms with E-state index in [0.29, 0.717) is 32.5 Å². The fourth-order valence-electron chi connectivity index (χ4n) is 2.91. The summed E-state index contributed by atoms with van der Waals surface area (Å²) in [5, 5.41) is 16.7. The molecule has 0 radical (unpaired) electrons. The van der Waals surface area contributed by atoms with Gasteiger partial charge in [0.2, 0.25) is 0 Å². The molecule has 2 N–H and O–H groups in total. The maximum atomic E-state index is 12.4. The van der Waals surface area contributed by atoms with Gasteiger partial charge in [0, 0.05) is 16.0 Å². The predicted molar refractivity (Wildman–Crippen MR) is 115 cm³/mol. The largest absolute Gasteiger partial charge is 0.506 e. The van der Waals surface area contributed by atoms with Crippen molar-refractivity contribution >= 4 is 46.1 Å². The number of benzene rings is 3. The molecule has 4 aromatic rings. The number of carbonyl (C=O) groups excluding carboxylic acids is 1. The molecule has 1 aromatic heterocycles. The van der Waals surface area contributed by atoms with Crippen LogP contribution in [0.25, 0.3) is 22.1 Å². The van der Waals surface area contributed by atoms with Gasteiger partial charge in [-0.05, 0) is 41.8 Å². The first-order valence-electron chi connectivity index (χ1n) is 8.62. The Labute approximate surface area is 176 Å². The Balaban J connectivity index is 1.50. The smallest absolute Gasteiger partial charge is 0.275 e. The summed E-state index contributed by atoms with van der Waals surface area (Å²) in [4.78, 5) is 12.4. The normalized spacial score (nSPS) is 11.2. The zero-order valence-corrected chi connectivity index (χ0v) is 16.4. The molecule has 7 heteroatoms. The second kappa shape index (κ2) is 7.99. The number of aromatic hydroxyl groups is 1. The molecule has 5 nitrogen and oxygen atoms in total. The number of rotatable bonds is 4. The van der Waals surface area contributed by atoms with Crippen LogP contribution in [0.5, 0.6) is 5.75 Å². The molecule has 29 heavy (non-hydrogen) atoms. The number of carbonyl (C=O) groups is 1. The first-order chi connectivity index (χ1) is 14.0. The predicted octanol–water partition coefficient (Wildman–Crippen LogP) is 5.88. The number of hydrogen-bond acceptors (Lipinski definition) is 4. The minimum atomic E-state index is -0.533. The number of halogens is 2. The number of amides is 1. The van der Waals surface area contributed by atoms with Crippen LogP contribution >= 0.6 is 23.2 Å². The quantitative estimate of drug-likeness (QED) is 0.317. The van der Waals surface area contributed by atoms with Crippen LogP contribution in [0.3, 0.4) is 0 Å². The molecule has 144 valence electrons. The highest BCUT2D eigenvalue weighted by Gasteiger charge is 2.13. The maximum Gasteiger partial charge on any atom is 0.275 e. The third kappa shape index (κ3) is 3.97. The molecule has 0 bridgehead atoms. The van der Waals surface area contributed by atoms with Crippen LogP contribution in [0.1, 0.15) is 16.1 Å². The van der Waals surface area contributed by atoms with E-state index in [0.717, 1.165) is 5.39 Å². The number of nitrogens with zero attached hydrogens (tertiary/aromatic N) is 1. The minimum Gasteiger partial charge on any atom is -0.506 e. The van der Waals surface area contributed by atoms with Gasteiger partial charge in [-0.3, -0.25) is 4.79 Å². The van der Waals surface area contributed by atoms with E-state index < -0.39 is 5.91 Å². The molecule has 0 aliphatic rings. The molecule has 1 heterocycles. The lowest BCUT2D eigenvalue weighted by Gasteiger charge is -2.06. The van der Waals surface area contributed by atoms with Crippen LogP contribution in [-0.4, -0.2) is 17.2 Å². The van der Waals surface area contributed by atoms with E-state index in [1.165, 1.54) is 6.21 Å². The Morgan fingerprint density at radius 2 is 1.86 bits per heavy atom. The summed E-state index contributed by atoms with van der Waals surface area (Å²) in [7, 11) is 0. The van der Waals surface area contributed by atoms with Gasteiger partial charge in [-0.1, -0.05) is 53.5 Å². The number of phenols is 1. The third-order valence-corrected chi connectivity index (χ3v) is 4.89. The first-order valence-corrected chi connectivity index (χ1v) is 9.38. The SMILES string of the molecule is O=C(NN=Cc1ccc(-c2cc(Cl)ccc2Cl)o1)c1ccc2ccccc2c1O. The van der Waals surface area contributed by atoms with Crippen molar-refractivity contribution in [1.82, 2.24) is 5.43 Å². The molecule has 0 atom stereocenters. The molecule has 0 aliphatic carbocycles. The number of hydrazone groups is 1. The van der Waals surface area contributed by atoms with E-state index >= 15 is 0 Å². The van der Waals surface area contributed by atoms with E-state index in [-0.39, 0.29) is 11.3 Å². The van der Waals surface area contributed by atoms with Gasteiger partial charge >= 0.3 is 0 Å². The molecule has 0 aliphatic heterocycles. The van der Waals surface area contributed by atoms with E-state index in [9.17, 15) is 9.90 Å².